The molecule has 1 aliphatic rings. The maximum absolute atomic E-state index is 12.5. The number of hydrogen-bond acceptors (Lipinski definition) is 4. The van der Waals surface area contributed by atoms with E-state index in [1.807, 2.05) is 36.4 Å². The molecule has 3 aromatic rings. The van der Waals surface area contributed by atoms with Gasteiger partial charge in [-0.1, -0.05) is 48.5 Å². The second kappa shape index (κ2) is 8.65. The summed E-state index contributed by atoms with van der Waals surface area (Å²) in [5.41, 5.74) is 4.48. The van der Waals surface area contributed by atoms with Gasteiger partial charge >= 0.3 is 12.1 Å². The number of aliphatic carboxylic acids is 1. The molecule has 0 aliphatic heterocycles. The minimum Gasteiger partial charge on any atom is -0.481 e. The highest BCUT2D eigenvalue weighted by molar-refractivity contribution is 9.13. The highest BCUT2D eigenvalue weighted by atomic mass is 79.9. The summed E-state index contributed by atoms with van der Waals surface area (Å²) in [5.74, 6) is -0.833. The van der Waals surface area contributed by atoms with Crippen molar-refractivity contribution in [1.82, 2.24) is 5.32 Å². The van der Waals surface area contributed by atoms with Gasteiger partial charge in [-0.3, -0.25) is 4.79 Å². The number of furan rings is 1. The number of carboxylic acid groups (broad SMARTS) is 1. The van der Waals surface area contributed by atoms with Crippen LogP contribution < -0.4 is 5.32 Å². The van der Waals surface area contributed by atoms with E-state index in [9.17, 15) is 14.7 Å². The second-order valence-corrected chi connectivity index (χ2v) is 8.47. The highest BCUT2D eigenvalue weighted by Gasteiger charge is 2.30. The summed E-state index contributed by atoms with van der Waals surface area (Å²) in [5, 5.41) is 11.8. The minimum absolute atomic E-state index is 0.0759. The molecule has 0 saturated heterocycles. The molecule has 1 aromatic heterocycles. The first kappa shape index (κ1) is 20.7. The van der Waals surface area contributed by atoms with Gasteiger partial charge in [0.05, 0.1) is 10.9 Å². The van der Waals surface area contributed by atoms with E-state index in [-0.39, 0.29) is 18.9 Å². The lowest BCUT2D eigenvalue weighted by molar-refractivity contribution is -0.137. The van der Waals surface area contributed by atoms with Crippen molar-refractivity contribution in [3.05, 3.63) is 80.6 Å². The fourth-order valence-corrected chi connectivity index (χ4v) is 4.32. The maximum Gasteiger partial charge on any atom is 0.407 e. The van der Waals surface area contributed by atoms with Crippen LogP contribution in [0.3, 0.4) is 0 Å². The summed E-state index contributed by atoms with van der Waals surface area (Å²) in [7, 11) is 0. The third-order valence-electron chi connectivity index (χ3n) is 5.02. The highest BCUT2D eigenvalue weighted by Crippen LogP contribution is 2.44. The molecule has 1 amide bonds. The number of hydrogen-bond donors (Lipinski definition) is 2. The molecule has 2 N–H and O–H groups in total. The van der Waals surface area contributed by atoms with Gasteiger partial charge in [-0.25, -0.2) is 4.79 Å². The van der Waals surface area contributed by atoms with Crippen molar-refractivity contribution in [3.8, 4) is 11.1 Å². The first-order valence-corrected chi connectivity index (χ1v) is 10.8. The van der Waals surface area contributed by atoms with Crippen LogP contribution in [0.25, 0.3) is 11.1 Å². The molecule has 1 heterocycles. The number of alkyl carbamates (subject to hydrolysis) is 1. The third kappa shape index (κ3) is 4.15. The van der Waals surface area contributed by atoms with Crippen molar-refractivity contribution in [2.45, 2.75) is 18.4 Å². The van der Waals surface area contributed by atoms with E-state index in [4.69, 9.17) is 9.15 Å². The molecule has 2 aromatic carbocycles. The van der Waals surface area contributed by atoms with Gasteiger partial charge in [0.25, 0.3) is 0 Å². The Labute approximate surface area is 189 Å². The van der Waals surface area contributed by atoms with Crippen LogP contribution in [-0.4, -0.2) is 23.8 Å². The molecule has 0 radical (unpaired) electrons. The summed E-state index contributed by atoms with van der Waals surface area (Å²) in [6.07, 6.45) is -1.04. The molecule has 6 nitrogen and oxygen atoms in total. The Bertz CT molecular complexity index is 1050. The van der Waals surface area contributed by atoms with Crippen LogP contribution in [0.4, 0.5) is 4.79 Å². The molecular formula is C22H17Br2NO5. The van der Waals surface area contributed by atoms with E-state index in [0.717, 1.165) is 22.3 Å². The number of rotatable bonds is 6. The first-order chi connectivity index (χ1) is 14.4. The maximum atomic E-state index is 12.5. The topological polar surface area (TPSA) is 88.8 Å². The van der Waals surface area contributed by atoms with E-state index < -0.39 is 18.1 Å². The van der Waals surface area contributed by atoms with Gasteiger partial charge < -0.3 is 19.6 Å². The van der Waals surface area contributed by atoms with Crippen molar-refractivity contribution in [3.63, 3.8) is 0 Å². The predicted octanol–water partition coefficient (Wildman–Crippen LogP) is 5.86. The van der Waals surface area contributed by atoms with Crippen LogP contribution in [0.15, 0.2) is 68.2 Å². The average molecular weight is 535 g/mol. The van der Waals surface area contributed by atoms with Gasteiger partial charge in [-0.2, -0.15) is 0 Å². The zero-order chi connectivity index (χ0) is 21.3. The van der Waals surface area contributed by atoms with Crippen molar-refractivity contribution >= 4 is 43.9 Å². The Balaban J connectivity index is 1.48. The summed E-state index contributed by atoms with van der Waals surface area (Å²) in [4.78, 5) is 23.7. The second-order valence-electron chi connectivity index (χ2n) is 6.89. The molecule has 8 heteroatoms. The van der Waals surface area contributed by atoms with Gasteiger partial charge in [0.15, 0.2) is 4.67 Å². The van der Waals surface area contributed by atoms with Gasteiger partial charge in [0.1, 0.15) is 18.4 Å². The molecular weight excluding hydrogens is 518 g/mol. The third-order valence-corrected chi connectivity index (χ3v) is 6.73. The Kier molecular flexibility index (Phi) is 5.97. The summed E-state index contributed by atoms with van der Waals surface area (Å²) in [6.45, 7) is 0.144. The van der Waals surface area contributed by atoms with Crippen molar-refractivity contribution in [2.24, 2.45) is 0 Å². The monoisotopic (exact) mass is 533 g/mol. The number of carboxylic acids is 1. The number of nitrogens with one attached hydrogen (secondary N) is 1. The zero-order valence-corrected chi connectivity index (χ0v) is 18.8. The van der Waals surface area contributed by atoms with Gasteiger partial charge in [-0.15, -0.1) is 0 Å². The molecule has 4 rings (SSSR count). The number of fused-ring (bicyclic) bond motifs is 3. The van der Waals surface area contributed by atoms with E-state index in [2.05, 4.69) is 49.3 Å². The normalized spacial score (nSPS) is 13.4. The van der Waals surface area contributed by atoms with E-state index in [1.165, 1.54) is 0 Å². The number of halogens is 2. The standard InChI is InChI=1S/C22H17Br2NO5/c23-17-9-19(30-21(17)24)18(10-20(26)27)25-22(28)29-11-16-14-7-3-1-5-12(14)13-6-2-4-8-15(13)16/h1-9,16,18H,10-11H2,(H,25,28)(H,26,27)/t18-/m0/s1. The number of ether oxygens (including phenoxy) is 1. The van der Waals surface area contributed by atoms with Crippen LogP contribution >= 0.6 is 31.9 Å². The van der Waals surface area contributed by atoms with E-state index in [0.29, 0.717) is 14.9 Å². The van der Waals surface area contributed by atoms with Crippen LogP contribution in [0, 0.1) is 0 Å². The summed E-state index contributed by atoms with van der Waals surface area (Å²) >= 11 is 6.51. The molecule has 0 spiro atoms. The minimum atomic E-state index is -1.07. The van der Waals surface area contributed by atoms with Gasteiger partial charge in [0, 0.05) is 5.92 Å². The summed E-state index contributed by atoms with van der Waals surface area (Å²) < 4.78 is 12.0. The average Bonchev–Trinajstić information content (AvgIpc) is 3.23. The van der Waals surface area contributed by atoms with Gasteiger partial charge in [0.2, 0.25) is 0 Å². The van der Waals surface area contributed by atoms with Gasteiger partial charge in [-0.05, 0) is 60.2 Å². The molecule has 0 fully saturated rings. The lowest BCUT2D eigenvalue weighted by atomic mass is 9.98. The fourth-order valence-electron chi connectivity index (χ4n) is 3.71. The Morgan fingerprint density at radius 1 is 1.07 bits per heavy atom. The number of amides is 1. The van der Waals surface area contributed by atoms with Crippen molar-refractivity contribution in [1.29, 1.82) is 0 Å². The quantitative estimate of drug-likeness (QED) is 0.413. The van der Waals surface area contributed by atoms with Crippen LogP contribution in [0.2, 0.25) is 0 Å². The molecule has 1 aliphatic carbocycles. The van der Waals surface area contributed by atoms with Crippen LogP contribution in [0.1, 0.15) is 35.3 Å². The number of benzene rings is 2. The fraction of sp³-hybridized carbons (Fsp3) is 0.182. The van der Waals surface area contributed by atoms with Crippen LogP contribution in [0.5, 0.6) is 0 Å². The molecule has 0 saturated carbocycles. The lowest BCUT2D eigenvalue weighted by Gasteiger charge is -2.17. The van der Waals surface area contributed by atoms with Crippen LogP contribution in [-0.2, 0) is 9.53 Å². The summed E-state index contributed by atoms with van der Waals surface area (Å²) in [6, 6.07) is 16.8. The Morgan fingerprint density at radius 3 is 2.20 bits per heavy atom. The molecule has 0 unspecified atom stereocenters. The van der Waals surface area contributed by atoms with Crippen molar-refractivity contribution < 1.29 is 23.8 Å². The zero-order valence-electron chi connectivity index (χ0n) is 15.6. The lowest BCUT2D eigenvalue weighted by Crippen LogP contribution is -2.31. The Morgan fingerprint density at radius 2 is 1.67 bits per heavy atom. The smallest absolute Gasteiger partial charge is 0.407 e. The number of carbonyl (C=O) groups is 2. The largest absolute Gasteiger partial charge is 0.481 e. The first-order valence-electron chi connectivity index (χ1n) is 9.22. The molecule has 1 atom stereocenters. The molecule has 30 heavy (non-hydrogen) atoms. The Hall–Kier alpha value is -2.58. The van der Waals surface area contributed by atoms with E-state index in [1.54, 1.807) is 6.07 Å². The van der Waals surface area contributed by atoms with Crippen molar-refractivity contribution in [2.75, 3.05) is 6.61 Å². The number of carbonyl (C=O) groups excluding carboxylic acids is 1. The molecule has 154 valence electrons. The predicted molar refractivity (Wildman–Crippen MR) is 117 cm³/mol. The SMILES string of the molecule is O=C(O)C[C@H](NC(=O)OCC1c2ccccc2-c2ccccc21)c1cc(Br)c(Br)o1. The van der Waals surface area contributed by atoms with E-state index >= 15 is 0 Å². The molecule has 0 bridgehead atoms.